The summed E-state index contributed by atoms with van der Waals surface area (Å²) in [6.07, 6.45) is 1.41. The number of rotatable bonds is 8. The zero-order valence-corrected chi connectivity index (χ0v) is 15.6. The number of carbonyl (C=O) groups excluding carboxylic acids is 1. The summed E-state index contributed by atoms with van der Waals surface area (Å²) in [6, 6.07) is 8.29. The maximum atomic E-state index is 12.0. The standard InChI is InChI=1S/C19H27N3O3/c1-13(2)20-19(23)16-12-25-18(21-16)11-22(14(3)4)10-15-8-6-7-9-17(15)24-5/h6-9,12-14H,10-11H2,1-5H3,(H,20,23). The fourth-order valence-corrected chi connectivity index (χ4v) is 2.47. The Morgan fingerprint density at radius 1 is 1.24 bits per heavy atom. The predicted molar refractivity (Wildman–Crippen MR) is 96.5 cm³/mol. The summed E-state index contributed by atoms with van der Waals surface area (Å²) in [5.41, 5.74) is 1.41. The topological polar surface area (TPSA) is 67.6 Å². The van der Waals surface area contributed by atoms with Gasteiger partial charge in [-0.2, -0.15) is 0 Å². The van der Waals surface area contributed by atoms with Gasteiger partial charge in [-0.3, -0.25) is 9.69 Å². The first-order valence-electron chi connectivity index (χ1n) is 8.52. The van der Waals surface area contributed by atoms with E-state index >= 15 is 0 Å². The summed E-state index contributed by atoms with van der Waals surface area (Å²) in [6.45, 7) is 9.27. The Labute approximate surface area is 149 Å². The Morgan fingerprint density at radius 2 is 1.96 bits per heavy atom. The Bertz CT molecular complexity index is 695. The van der Waals surface area contributed by atoms with E-state index in [0.717, 1.165) is 11.3 Å². The number of nitrogens with one attached hydrogen (secondary N) is 1. The van der Waals surface area contributed by atoms with Gasteiger partial charge in [0.2, 0.25) is 5.89 Å². The smallest absolute Gasteiger partial charge is 0.273 e. The molecule has 0 atom stereocenters. The highest BCUT2D eigenvalue weighted by Crippen LogP contribution is 2.21. The van der Waals surface area contributed by atoms with Gasteiger partial charge in [-0.25, -0.2) is 4.98 Å². The number of nitrogens with zero attached hydrogens (tertiary/aromatic N) is 2. The number of hydrogen-bond acceptors (Lipinski definition) is 5. The number of hydrogen-bond donors (Lipinski definition) is 1. The molecule has 0 aliphatic rings. The first kappa shape index (κ1) is 19.0. The van der Waals surface area contributed by atoms with Gasteiger partial charge < -0.3 is 14.5 Å². The van der Waals surface area contributed by atoms with E-state index in [1.807, 2.05) is 38.1 Å². The van der Waals surface area contributed by atoms with Gasteiger partial charge in [0.25, 0.3) is 5.91 Å². The van der Waals surface area contributed by atoms with Crippen LogP contribution < -0.4 is 10.1 Å². The number of carbonyl (C=O) groups is 1. The molecule has 0 aliphatic heterocycles. The predicted octanol–water partition coefficient (Wildman–Crippen LogP) is 3.23. The van der Waals surface area contributed by atoms with Crippen molar-refractivity contribution in [1.29, 1.82) is 0 Å². The van der Waals surface area contributed by atoms with E-state index in [0.29, 0.717) is 24.7 Å². The van der Waals surface area contributed by atoms with Gasteiger partial charge in [0, 0.05) is 24.2 Å². The van der Waals surface area contributed by atoms with Crippen molar-refractivity contribution in [3.8, 4) is 5.75 Å². The van der Waals surface area contributed by atoms with E-state index in [1.165, 1.54) is 6.26 Å². The average Bonchev–Trinajstić information content (AvgIpc) is 3.02. The van der Waals surface area contributed by atoms with Crippen molar-refractivity contribution in [1.82, 2.24) is 15.2 Å². The second kappa shape index (κ2) is 8.67. The van der Waals surface area contributed by atoms with E-state index in [-0.39, 0.29) is 18.0 Å². The van der Waals surface area contributed by atoms with E-state index in [9.17, 15) is 4.79 Å². The molecular weight excluding hydrogens is 318 g/mol. The third kappa shape index (κ3) is 5.32. The molecule has 0 bridgehead atoms. The van der Waals surface area contributed by atoms with E-state index < -0.39 is 0 Å². The molecule has 1 aromatic carbocycles. The number of benzene rings is 1. The molecule has 1 heterocycles. The van der Waals surface area contributed by atoms with Crippen molar-refractivity contribution in [2.75, 3.05) is 7.11 Å². The molecule has 0 aliphatic carbocycles. The van der Waals surface area contributed by atoms with Gasteiger partial charge in [-0.05, 0) is 33.8 Å². The molecule has 0 fully saturated rings. The average molecular weight is 345 g/mol. The summed E-state index contributed by atoms with van der Waals surface area (Å²) in [5.74, 6) is 1.17. The van der Waals surface area contributed by atoms with Crippen LogP contribution in [0.15, 0.2) is 34.9 Å². The molecule has 1 N–H and O–H groups in total. The van der Waals surface area contributed by atoms with Crippen LogP contribution >= 0.6 is 0 Å². The van der Waals surface area contributed by atoms with Crippen molar-refractivity contribution in [3.05, 3.63) is 47.7 Å². The van der Waals surface area contributed by atoms with Crippen LogP contribution in [0.5, 0.6) is 5.75 Å². The SMILES string of the molecule is COc1ccccc1CN(Cc1nc(C(=O)NC(C)C)co1)C(C)C. The van der Waals surface area contributed by atoms with E-state index in [1.54, 1.807) is 7.11 Å². The molecule has 0 radical (unpaired) electrons. The molecule has 136 valence electrons. The van der Waals surface area contributed by atoms with Gasteiger partial charge in [0.1, 0.15) is 12.0 Å². The lowest BCUT2D eigenvalue weighted by atomic mass is 10.1. The highest BCUT2D eigenvalue weighted by molar-refractivity contribution is 5.92. The minimum atomic E-state index is -0.217. The van der Waals surface area contributed by atoms with Crippen LogP contribution in [-0.4, -0.2) is 35.0 Å². The molecule has 6 heteroatoms. The van der Waals surface area contributed by atoms with Crippen LogP contribution in [0.25, 0.3) is 0 Å². The Kier molecular flexibility index (Phi) is 6.58. The number of methoxy groups -OCH3 is 1. The van der Waals surface area contributed by atoms with Gasteiger partial charge in [-0.1, -0.05) is 18.2 Å². The molecule has 0 saturated carbocycles. The van der Waals surface area contributed by atoms with Crippen LogP contribution in [0.1, 0.15) is 49.6 Å². The minimum absolute atomic E-state index is 0.0605. The lowest BCUT2D eigenvalue weighted by molar-refractivity contribution is 0.0938. The molecule has 1 amide bonds. The van der Waals surface area contributed by atoms with Crippen LogP contribution in [-0.2, 0) is 13.1 Å². The number of amides is 1. The molecule has 25 heavy (non-hydrogen) atoms. The van der Waals surface area contributed by atoms with Crippen molar-refractivity contribution in [2.45, 2.75) is 52.9 Å². The molecule has 2 rings (SSSR count). The van der Waals surface area contributed by atoms with Gasteiger partial charge in [0.15, 0.2) is 5.69 Å². The molecule has 0 unspecified atom stereocenters. The molecule has 2 aromatic rings. The first-order chi connectivity index (χ1) is 11.9. The molecule has 0 saturated heterocycles. The highest BCUT2D eigenvalue weighted by Gasteiger charge is 2.18. The van der Waals surface area contributed by atoms with Crippen molar-refractivity contribution >= 4 is 5.91 Å². The van der Waals surface area contributed by atoms with Crippen LogP contribution in [0.3, 0.4) is 0 Å². The molecule has 1 aromatic heterocycles. The number of oxazole rings is 1. The lowest BCUT2D eigenvalue weighted by Crippen LogP contribution is -2.31. The zero-order chi connectivity index (χ0) is 18.4. The van der Waals surface area contributed by atoms with Crippen LogP contribution in [0.4, 0.5) is 0 Å². The highest BCUT2D eigenvalue weighted by atomic mass is 16.5. The number of ether oxygens (including phenoxy) is 1. The van der Waals surface area contributed by atoms with Crippen molar-refractivity contribution in [2.24, 2.45) is 0 Å². The van der Waals surface area contributed by atoms with Gasteiger partial charge >= 0.3 is 0 Å². The molecular formula is C19H27N3O3. The lowest BCUT2D eigenvalue weighted by Gasteiger charge is -2.25. The Hall–Kier alpha value is -2.34. The second-order valence-electron chi connectivity index (χ2n) is 6.57. The van der Waals surface area contributed by atoms with Crippen molar-refractivity contribution in [3.63, 3.8) is 0 Å². The van der Waals surface area contributed by atoms with E-state index in [2.05, 4.69) is 29.0 Å². The zero-order valence-electron chi connectivity index (χ0n) is 15.6. The quantitative estimate of drug-likeness (QED) is 0.795. The monoisotopic (exact) mass is 345 g/mol. The fraction of sp³-hybridized carbons (Fsp3) is 0.474. The summed E-state index contributed by atoms with van der Waals surface area (Å²) >= 11 is 0. The Balaban J connectivity index is 2.09. The molecule has 0 spiro atoms. The number of aromatic nitrogens is 1. The van der Waals surface area contributed by atoms with Crippen LogP contribution in [0, 0.1) is 0 Å². The maximum absolute atomic E-state index is 12.0. The first-order valence-corrected chi connectivity index (χ1v) is 8.52. The van der Waals surface area contributed by atoms with Crippen molar-refractivity contribution < 1.29 is 13.9 Å². The van der Waals surface area contributed by atoms with Gasteiger partial charge in [0.05, 0.1) is 13.7 Å². The summed E-state index contributed by atoms with van der Waals surface area (Å²) in [4.78, 5) is 18.5. The Morgan fingerprint density at radius 3 is 2.60 bits per heavy atom. The summed E-state index contributed by atoms with van der Waals surface area (Å²) < 4.78 is 10.9. The summed E-state index contributed by atoms with van der Waals surface area (Å²) in [5, 5.41) is 2.81. The maximum Gasteiger partial charge on any atom is 0.273 e. The molecule has 6 nitrogen and oxygen atoms in total. The normalized spacial score (nSPS) is 11.4. The second-order valence-corrected chi connectivity index (χ2v) is 6.57. The number of para-hydroxylation sites is 1. The summed E-state index contributed by atoms with van der Waals surface area (Å²) in [7, 11) is 1.67. The third-order valence-electron chi connectivity index (χ3n) is 3.84. The minimum Gasteiger partial charge on any atom is -0.496 e. The fourth-order valence-electron chi connectivity index (χ4n) is 2.47. The van der Waals surface area contributed by atoms with E-state index in [4.69, 9.17) is 9.15 Å². The van der Waals surface area contributed by atoms with Crippen LogP contribution in [0.2, 0.25) is 0 Å². The third-order valence-corrected chi connectivity index (χ3v) is 3.84. The van der Waals surface area contributed by atoms with Gasteiger partial charge in [-0.15, -0.1) is 0 Å². The largest absolute Gasteiger partial charge is 0.496 e.